The van der Waals surface area contributed by atoms with Gasteiger partial charge in [-0.05, 0) is 18.6 Å². The summed E-state index contributed by atoms with van der Waals surface area (Å²) >= 11 is 0. The third-order valence-corrected chi connectivity index (χ3v) is 4.88. The lowest BCUT2D eigenvalue weighted by atomic mass is 9.93. The van der Waals surface area contributed by atoms with Gasteiger partial charge in [-0.15, -0.1) is 10.2 Å². The van der Waals surface area contributed by atoms with Crippen molar-refractivity contribution in [1.29, 1.82) is 0 Å². The van der Waals surface area contributed by atoms with Gasteiger partial charge in [0, 0.05) is 43.9 Å². The van der Waals surface area contributed by atoms with Crippen LogP contribution in [0, 0.1) is 12.8 Å². The Balaban J connectivity index is 1.25. The molecular formula is C15H20N8O2. The lowest BCUT2D eigenvalue weighted by Gasteiger charge is -2.42. The lowest BCUT2D eigenvalue weighted by Crippen LogP contribution is -2.62. The molecule has 2 aromatic rings. The van der Waals surface area contributed by atoms with Crippen molar-refractivity contribution in [3.63, 3.8) is 0 Å². The summed E-state index contributed by atoms with van der Waals surface area (Å²) in [6.45, 7) is 3.99. The van der Waals surface area contributed by atoms with Gasteiger partial charge in [-0.2, -0.15) is 4.80 Å². The van der Waals surface area contributed by atoms with Crippen LogP contribution in [0.1, 0.15) is 17.9 Å². The molecular weight excluding hydrogens is 324 g/mol. The number of aromatic nitrogens is 6. The Bertz CT molecular complexity index is 778. The molecule has 2 aliphatic rings. The summed E-state index contributed by atoms with van der Waals surface area (Å²) < 4.78 is 2.18. The number of likely N-dealkylation sites (tertiary alicyclic amines) is 1. The van der Waals surface area contributed by atoms with E-state index >= 15 is 0 Å². The zero-order valence-electron chi connectivity index (χ0n) is 14.0. The quantitative estimate of drug-likeness (QED) is 0.743. The molecule has 4 heterocycles. The van der Waals surface area contributed by atoms with Crippen LogP contribution in [0.25, 0.3) is 0 Å². The molecule has 4 rings (SSSR count). The van der Waals surface area contributed by atoms with Gasteiger partial charge in [0.05, 0.1) is 6.04 Å². The molecule has 132 valence electrons. The van der Waals surface area contributed by atoms with Crippen LogP contribution in [-0.2, 0) is 29.1 Å². The normalized spacial score (nSPS) is 20.0. The fraction of sp³-hybridized carbons (Fsp3) is 0.600. The summed E-state index contributed by atoms with van der Waals surface area (Å²) in [4.78, 5) is 31.9. The van der Waals surface area contributed by atoms with Crippen LogP contribution in [0.3, 0.4) is 0 Å². The van der Waals surface area contributed by atoms with Gasteiger partial charge >= 0.3 is 0 Å². The van der Waals surface area contributed by atoms with E-state index in [-0.39, 0.29) is 30.3 Å². The van der Waals surface area contributed by atoms with Gasteiger partial charge in [0.2, 0.25) is 11.8 Å². The fourth-order valence-electron chi connectivity index (χ4n) is 3.50. The van der Waals surface area contributed by atoms with E-state index in [1.807, 2.05) is 18.0 Å². The SMILES string of the molecule is Cc1ncc2n1CCC(C(=O)N1CC(NC(=O)Cn3ncnn3)C1)C2. The van der Waals surface area contributed by atoms with E-state index in [4.69, 9.17) is 0 Å². The Hall–Kier alpha value is -2.78. The Labute approximate surface area is 144 Å². The van der Waals surface area contributed by atoms with Gasteiger partial charge < -0.3 is 14.8 Å². The Morgan fingerprint density at radius 3 is 2.96 bits per heavy atom. The average Bonchev–Trinajstić information content (AvgIpc) is 3.20. The number of nitrogens with one attached hydrogen (secondary N) is 1. The predicted octanol–water partition coefficient (Wildman–Crippen LogP) is -1.23. The van der Waals surface area contributed by atoms with Crippen molar-refractivity contribution in [2.24, 2.45) is 5.92 Å². The Morgan fingerprint density at radius 2 is 2.20 bits per heavy atom. The van der Waals surface area contributed by atoms with E-state index in [0.29, 0.717) is 13.1 Å². The van der Waals surface area contributed by atoms with E-state index in [1.54, 1.807) is 0 Å². The highest BCUT2D eigenvalue weighted by Gasteiger charge is 2.36. The second kappa shape index (κ2) is 6.26. The molecule has 0 aliphatic carbocycles. The van der Waals surface area contributed by atoms with Crippen LogP contribution in [0.4, 0.5) is 0 Å². The summed E-state index contributed by atoms with van der Waals surface area (Å²) in [5, 5.41) is 13.9. The summed E-state index contributed by atoms with van der Waals surface area (Å²) in [5.74, 6) is 1.02. The molecule has 2 amide bonds. The zero-order chi connectivity index (χ0) is 17.4. The van der Waals surface area contributed by atoms with E-state index in [2.05, 4.69) is 30.3 Å². The molecule has 10 nitrogen and oxygen atoms in total. The number of amides is 2. The topological polar surface area (TPSA) is 111 Å². The first-order valence-electron chi connectivity index (χ1n) is 8.40. The minimum absolute atomic E-state index is 0.00339. The smallest absolute Gasteiger partial charge is 0.244 e. The number of hydrogen-bond donors (Lipinski definition) is 1. The van der Waals surface area contributed by atoms with E-state index < -0.39 is 0 Å². The number of carbonyl (C=O) groups is 2. The molecule has 25 heavy (non-hydrogen) atoms. The van der Waals surface area contributed by atoms with Crippen molar-refractivity contribution >= 4 is 11.8 Å². The van der Waals surface area contributed by atoms with Gasteiger partial charge in [0.25, 0.3) is 0 Å². The monoisotopic (exact) mass is 344 g/mol. The highest BCUT2D eigenvalue weighted by Crippen LogP contribution is 2.25. The molecule has 2 aliphatic heterocycles. The number of fused-ring (bicyclic) bond motifs is 1. The molecule has 1 unspecified atom stereocenters. The van der Waals surface area contributed by atoms with Crippen LogP contribution >= 0.6 is 0 Å². The molecule has 0 bridgehead atoms. The predicted molar refractivity (Wildman–Crippen MR) is 85.1 cm³/mol. The van der Waals surface area contributed by atoms with Gasteiger partial charge in [-0.1, -0.05) is 0 Å². The van der Waals surface area contributed by atoms with E-state index in [9.17, 15) is 9.59 Å². The minimum Gasteiger partial charge on any atom is -0.348 e. The summed E-state index contributed by atoms with van der Waals surface area (Å²) in [6.07, 6.45) is 4.74. The van der Waals surface area contributed by atoms with Crippen molar-refractivity contribution in [3.8, 4) is 0 Å². The summed E-state index contributed by atoms with van der Waals surface area (Å²) in [6, 6.07) is -0.00339. The van der Waals surface area contributed by atoms with Crippen LogP contribution in [0.15, 0.2) is 12.5 Å². The molecule has 2 aromatic heterocycles. The number of rotatable bonds is 4. The van der Waals surface area contributed by atoms with Crippen LogP contribution in [0.5, 0.6) is 0 Å². The first kappa shape index (κ1) is 15.7. The Morgan fingerprint density at radius 1 is 1.36 bits per heavy atom. The average molecular weight is 344 g/mol. The van der Waals surface area contributed by atoms with Crippen LogP contribution in [-0.4, -0.2) is 65.6 Å². The number of imidazole rings is 1. The van der Waals surface area contributed by atoms with E-state index in [1.165, 1.54) is 11.1 Å². The first-order valence-corrected chi connectivity index (χ1v) is 8.40. The maximum atomic E-state index is 12.6. The third kappa shape index (κ3) is 3.11. The molecule has 0 spiro atoms. The number of carbonyl (C=O) groups excluding carboxylic acids is 2. The van der Waals surface area contributed by atoms with E-state index in [0.717, 1.165) is 30.9 Å². The van der Waals surface area contributed by atoms with Crippen molar-refractivity contribution in [2.75, 3.05) is 13.1 Å². The number of aryl methyl sites for hydroxylation is 1. The second-order valence-corrected chi connectivity index (χ2v) is 6.61. The van der Waals surface area contributed by atoms with Gasteiger partial charge in [0.15, 0.2) is 6.33 Å². The molecule has 0 saturated carbocycles. The molecule has 1 fully saturated rings. The number of tetrazole rings is 1. The van der Waals surface area contributed by atoms with Crippen molar-refractivity contribution in [2.45, 2.75) is 38.9 Å². The van der Waals surface area contributed by atoms with Gasteiger partial charge in [-0.25, -0.2) is 4.98 Å². The largest absolute Gasteiger partial charge is 0.348 e. The molecule has 10 heteroatoms. The minimum atomic E-state index is -0.174. The summed E-state index contributed by atoms with van der Waals surface area (Å²) in [7, 11) is 0. The van der Waals surface area contributed by atoms with Gasteiger partial charge in [0.1, 0.15) is 12.4 Å². The molecule has 1 atom stereocenters. The van der Waals surface area contributed by atoms with Gasteiger partial charge in [-0.3, -0.25) is 9.59 Å². The number of hydrogen-bond acceptors (Lipinski definition) is 6. The molecule has 0 radical (unpaired) electrons. The molecule has 1 N–H and O–H groups in total. The highest BCUT2D eigenvalue weighted by molar-refractivity contribution is 5.81. The van der Waals surface area contributed by atoms with Crippen molar-refractivity contribution < 1.29 is 9.59 Å². The van der Waals surface area contributed by atoms with Crippen LogP contribution < -0.4 is 5.32 Å². The fourth-order valence-corrected chi connectivity index (χ4v) is 3.50. The van der Waals surface area contributed by atoms with Crippen LogP contribution in [0.2, 0.25) is 0 Å². The molecule has 1 saturated heterocycles. The maximum absolute atomic E-state index is 12.6. The highest BCUT2D eigenvalue weighted by atomic mass is 16.2. The number of nitrogens with zero attached hydrogens (tertiary/aromatic N) is 7. The van der Waals surface area contributed by atoms with Crippen molar-refractivity contribution in [3.05, 3.63) is 24.0 Å². The third-order valence-electron chi connectivity index (χ3n) is 4.88. The first-order chi connectivity index (χ1) is 12.1. The Kier molecular flexibility index (Phi) is 3.94. The van der Waals surface area contributed by atoms with Crippen molar-refractivity contribution in [1.82, 2.24) is 40.0 Å². The lowest BCUT2D eigenvalue weighted by molar-refractivity contribution is -0.142. The standard InChI is InChI=1S/C15H20N8O2/c1-10-16-5-13-4-11(2-3-22(10)13)15(25)21-6-12(7-21)19-14(24)8-23-18-9-17-20-23/h5,9,11-12H,2-4,6-8H2,1H3,(H,19,24). The maximum Gasteiger partial charge on any atom is 0.244 e. The summed E-state index contributed by atoms with van der Waals surface area (Å²) in [5.41, 5.74) is 1.13. The zero-order valence-corrected chi connectivity index (χ0v) is 14.0. The molecule has 0 aromatic carbocycles. The second-order valence-electron chi connectivity index (χ2n) is 6.61.